The smallest absolute Gasteiger partial charge is 0.384 e. The number of hydrogen-bond donors (Lipinski definition) is 1. The van der Waals surface area contributed by atoms with E-state index >= 15 is 0 Å². The summed E-state index contributed by atoms with van der Waals surface area (Å²) in [5, 5.41) is 10.6. The molecule has 0 aliphatic rings. The Labute approximate surface area is 144 Å². The van der Waals surface area contributed by atoms with E-state index in [9.17, 15) is 26.7 Å². The first-order valence-corrected chi connectivity index (χ1v) is 8.80. The molecule has 0 amide bonds. The maximum atomic E-state index is 12.8. The summed E-state index contributed by atoms with van der Waals surface area (Å²) in [5.41, 5.74) is -2.71. The highest BCUT2D eigenvalue weighted by Gasteiger charge is 2.35. The Kier molecular flexibility index (Phi) is 5.27. The van der Waals surface area contributed by atoms with Gasteiger partial charge < -0.3 is 5.11 Å². The second-order valence-electron chi connectivity index (χ2n) is 5.93. The lowest BCUT2D eigenvalue weighted by Gasteiger charge is -2.29. The van der Waals surface area contributed by atoms with Gasteiger partial charge in [-0.1, -0.05) is 30.3 Å². The number of benzene rings is 2. The molecular formula is C17H18F3NO3S. The molecule has 0 aliphatic heterocycles. The van der Waals surface area contributed by atoms with Crippen molar-refractivity contribution in [2.24, 2.45) is 0 Å². The first-order chi connectivity index (χ1) is 11.4. The Morgan fingerprint density at radius 1 is 1.00 bits per heavy atom. The zero-order valence-electron chi connectivity index (χ0n) is 13.7. The van der Waals surface area contributed by atoms with E-state index in [-0.39, 0.29) is 10.5 Å². The van der Waals surface area contributed by atoms with Gasteiger partial charge in [-0.2, -0.15) is 17.5 Å². The molecule has 4 nitrogen and oxygen atoms in total. The minimum Gasteiger partial charge on any atom is -0.384 e. The molecule has 0 bridgehead atoms. The molecule has 25 heavy (non-hydrogen) atoms. The molecule has 0 spiro atoms. The summed E-state index contributed by atoms with van der Waals surface area (Å²) in [6.07, 6.45) is -4.55. The molecule has 1 N–H and O–H groups in total. The van der Waals surface area contributed by atoms with Gasteiger partial charge in [0.2, 0.25) is 10.0 Å². The van der Waals surface area contributed by atoms with Crippen molar-refractivity contribution in [2.75, 3.05) is 13.6 Å². The van der Waals surface area contributed by atoms with Crippen LogP contribution in [0.2, 0.25) is 0 Å². The van der Waals surface area contributed by atoms with Crippen LogP contribution < -0.4 is 0 Å². The number of rotatable bonds is 5. The third kappa shape index (κ3) is 4.39. The summed E-state index contributed by atoms with van der Waals surface area (Å²) in [6.45, 7) is 0.880. The van der Waals surface area contributed by atoms with Crippen molar-refractivity contribution in [3.8, 4) is 0 Å². The van der Waals surface area contributed by atoms with Gasteiger partial charge in [0.25, 0.3) is 0 Å². The minimum atomic E-state index is -4.55. The van der Waals surface area contributed by atoms with E-state index < -0.39 is 33.9 Å². The molecule has 1 unspecified atom stereocenters. The predicted octanol–water partition coefficient (Wildman–Crippen LogP) is 3.23. The number of likely N-dealkylation sites (N-methyl/N-ethyl adjacent to an activating group) is 1. The molecule has 0 saturated heterocycles. The van der Waals surface area contributed by atoms with Gasteiger partial charge in [-0.05, 0) is 36.8 Å². The molecule has 1 atom stereocenters. The third-order valence-corrected chi connectivity index (χ3v) is 5.61. The van der Waals surface area contributed by atoms with E-state index in [1.165, 1.54) is 38.2 Å². The fraction of sp³-hybridized carbons (Fsp3) is 0.294. The Balaban J connectivity index is 2.29. The fourth-order valence-electron chi connectivity index (χ4n) is 2.41. The summed E-state index contributed by atoms with van der Waals surface area (Å²) in [5.74, 6) is 0. The third-order valence-electron chi connectivity index (χ3n) is 3.79. The molecule has 0 radical (unpaired) electrons. The highest BCUT2D eigenvalue weighted by Crippen LogP contribution is 2.32. The van der Waals surface area contributed by atoms with Crippen LogP contribution in [0.4, 0.5) is 13.2 Å². The van der Waals surface area contributed by atoms with E-state index in [0.717, 1.165) is 16.4 Å². The molecule has 0 aromatic heterocycles. The van der Waals surface area contributed by atoms with Gasteiger partial charge in [0.15, 0.2) is 0 Å². The SMILES string of the molecule is CN(CC(C)(O)c1cccc(C(F)(F)F)c1)S(=O)(=O)c1ccccc1. The van der Waals surface area contributed by atoms with Crippen LogP contribution in [0.25, 0.3) is 0 Å². The monoisotopic (exact) mass is 373 g/mol. The molecule has 2 rings (SSSR count). The second kappa shape index (κ2) is 6.78. The number of sulfonamides is 1. The molecular weight excluding hydrogens is 355 g/mol. The van der Waals surface area contributed by atoms with Crippen molar-refractivity contribution in [3.05, 3.63) is 65.7 Å². The van der Waals surface area contributed by atoms with E-state index in [4.69, 9.17) is 0 Å². The first-order valence-electron chi connectivity index (χ1n) is 7.36. The van der Waals surface area contributed by atoms with Gasteiger partial charge in [-0.15, -0.1) is 0 Å². The van der Waals surface area contributed by atoms with Crippen LogP contribution in [0.1, 0.15) is 18.1 Å². The summed E-state index contributed by atoms with van der Waals surface area (Å²) < 4.78 is 64.4. The molecule has 0 fully saturated rings. The average molecular weight is 373 g/mol. The van der Waals surface area contributed by atoms with E-state index in [1.54, 1.807) is 18.2 Å². The van der Waals surface area contributed by atoms with Crippen LogP contribution in [0.3, 0.4) is 0 Å². The maximum Gasteiger partial charge on any atom is 0.416 e. The zero-order valence-corrected chi connectivity index (χ0v) is 14.5. The average Bonchev–Trinajstić information content (AvgIpc) is 2.54. The van der Waals surface area contributed by atoms with Crippen molar-refractivity contribution < 1.29 is 26.7 Å². The Morgan fingerprint density at radius 2 is 1.56 bits per heavy atom. The van der Waals surface area contributed by atoms with E-state index in [2.05, 4.69) is 0 Å². The number of hydrogen-bond acceptors (Lipinski definition) is 3. The van der Waals surface area contributed by atoms with Crippen LogP contribution in [0.15, 0.2) is 59.5 Å². The van der Waals surface area contributed by atoms with Crippen LogP contribution in [0, 0.1) is 0 Å². The van der Waals surface area contributed by atoms with Crippen molar-refractivity contribution in [1.29, 1.82) is 0 Å². The lowest BCUT2D eigenvalue weighted by atomic mass is 9.94. The lowest BCUT2D eigenvalue weighted by molar-refractivity contribution is -0.137. The number of aliphatic hydroxyl groups is 1. The van der Waals surface area contributed by atoms with E-state index in [1.807, 2.05) is 0 Å². The second-order valence-corrected chi connectivity index (χ2v) is 7.97. The van der Waals surface area contributed by atoms with Crippen molar-refractivity contribution in [2.45, 2.75) is 23.6 Å². The number of alkyl halides is 3. The zero-order chi connectivity index (χ0) is 18.9. The van der Waals surface area contributed by atoms with E-state index in [0.29, 0.717) is 0 Å². The van der Waals surface area contributed by atoms with Crippen LogP contribution in [-0.4, -0.2) is 31.4 Å². The minimum absolute atomic E-state index is 0.0163. The van der Waals surface area contributed by atoms with Crippen LogP contribution in [-0.2, 0) is 21.8 Å². The van der Waals surface area contributed by atoms with Gasteiger partial charge in [-0.3, -0.25) is 0 Å². The summed E-state index contributed by atoms with van der Waals surface area (Å²) in [4.78, 5) is 0.0392. The van der Waals surface area contributed by atoms with Crippen molar-refractivity contribution in [3.63, 3.8) is 0 Å². The van der Waals surface area contributed by atoms with Crippen molar-refractivity contribution in [1.82, 2.24) is 4.31 Å². The maximum absolute atomic E-state index is 12.8. The lowest BCUT2D eigenvalue weighted by Crippen LogP contribution is -2.40. The topological polar surface area (TPSA) is 57.6 Å². The normalized spacial score (nSPS) is 15.2. The highest BCUT2D eigenvalue weighted by atomic mass is 32.2. The van der Waals surface area contributed by atoms with Gasteiger partial charge in [0.1, 0.15) is 5.60 Å². The largest absolute Gasteiger partial charge is 0.416 e. The standard InChI is InChI=1S/C17H18F3NO3S/c1-16(22,13-7-6-8-14(11-13)17(18,19)20)12-21(2)25(23,24)15-9-4-3-5-10-15/h3-11,22H,12H2,1-2H3. The molecule has 0 aliphatic carbocycles. The highest BCUT2D eigenvalue weighted by molar-refractivity contribution is 7.89. The molecule has 136 valence electrons. The van der Waals surface area contributed by atoms with Gasteiger partial charge in [-0.25, -0.2) is 8.42 Å². The fourth-order valence-corrected chi connectivity index (χ4v) is 3.70. The Hall–Kier alpha value is -1.90. The van der Waals surface area contributed by atoms with Gasteiger partial charge in [0, 0.05) is 13.6 Å². The van der Waals surface area contributed by atoms with Crippen LogP contribution in [0.5, 0.6) is 0 Å². The quantitative estimate of drug-likeness (QED) is 0.875. The molecule has 2 aromatic carbocycles. The number of halogens is 3. The van der Waals surface area contributed by atoms with Gasteiger partial charge >= 0.3 is 6.18 Å². The number of nitrogens with zero attached hydrogens (tertiary/aromatic N) is 1. The Morgan fingerprint density at radius 3 is 2.12 bits per heavy atom. The molecule has 0 heterocycles. The molecule has 0 saturated carbocycles. The summed E-state index contributed by atoms with van der Waals surface area (Å²) in [7, 11) is -2.60. The van der Waals surface area contributed by atoms with Crippen LogP contribution >= 0.6 is 0 Å². The Bertz CT molecular complexity index is 834. The molecule has 8 heteroatoms. The summed E-state index contributed by atoms with van der Waals surface area (Å²) >= 11 is 0. The summed E-state index contributed by atoms with van der Waals surface area (Å²) in [6, 6.07) is 11.8. The van der Waals surface area contributed by atoms with Gasteiger partial charge in [0.05, 0.1) is 10.5 Å². The predicted molar refractivity (Wildman–Crippen MR) is 87.3 cm³/mol. The molecule has 2 aromatic rings. The van der Waals surface area contributed by atoms with Crippen molar-refractivity contribution >= 4 is 10.0 Å². The first kappa shape index (κ1) is 19.4.